The minimum Gasteiger partial charge on any atom is -0.478 e. The van der Waals surface area contributed by atoms with Gasteiger partial charge >= 0.3 is 5.97 Å². The largest absolute Gasteiger partial charge is 0.478 e. The van der Waals surface area contributed by atoms with Crippen molar-refractivity contribution in [2.75, 3.05) is 0 Å². The number of hydrogen-bond donors (Lipinski definition) is 1. The average Bonchev–Trinajstić information content (AvgIpc) is 2.17. The Labute approximate surface area is 105 Å². The van der Waals surface area contributed by atoms with E-state index in [1.807, 2.05) is 6.07 Å². The van der Waals surface area contributed by atoms with Crippen molar-refractivity contribution in [3.8, 4) is 0 Å². The zero-order valence-corrected chi connectivity index (χ0v) is 11.6. The first-order chi connectivity index (χ1) is 6.68. The van der Waals surface area contributed by atoms with Gasteiger partial charge in [-0.05, 0) is 23.6 Å². The van der Waals surface area contributed by atoms with E-state index < -0.39 is 5.97 Å². The molecule has 0 saturated heterocycles. The first kappa shape index (κ1) is 12.2. The van der Waals surface area contributed by atoms with Gasteiger partial charge in [-0.1, -0.05) is 29.8 Å². The van der Waals surface area contributed by atoms with E-state index in [0.29, 0.717) is 5.02 Å². The van der Waals surface area contributed by atoms with Crippen LogP contribution in [0.15, 0.2) is 36.4 Å². The number of carboxylic acid groups (broad SMARTS) is 1. The maximum atomic E-state index is 10.7. The molecule has 0 spiro atoms. The molecular weight excluding hydrogens is 265 g/mol. The molecular formula is C11H7ClO2Zn. The first-order valence-electron chi connectivity index (χ1n) is 4.10. The van der Waals surface area contributed by atoms with Crippen molar-refractivity contribution >= 4 is 28.3 Å². The van der Waals surface area contributed by atoms with Crippen LogP contribution >= 0.6 is 11.6 Å². The standard InChI is InChI=1S/C11H7ClO2.Zn/c12-10-3-1-2-7-6-8(11(13)14)4-5-9(7)10;/h1-6H,(H,13,14);. The number of fused-ring (bicyclic) bond motifs is 1. The predicted octanol–water partition coefficient (Wildman–Crippen LogP) is 3.19. The predicted molar refractivity (Wildman–Crippen MR) is 55.9 cm³/mol. The smallest absolute Gasteiger partial charge is 0.335 e. The zero-order valence-electron chi connectivity index (χ0n) is 7.90. The Morgan fingerprint density at radius 1 is 1.20 bits per heavy atom. The molecule has 0 aliphatic heterocycles. The molecule has 0 aromatic heterocycles. The van der Waals surface area contributed by atoms with Gasteiger partial charge < -0.3 is 5.11 Å². The minimum absolute atomic E-state index is 0. The summed E-state index contributed by atoms with van der Waals surface area (Å²) in [5, 5.41) is 11.1. The summed E-state index contributed by atoms with van der Waals surface area (Å²) in [6.07, 6.45) is 0. The van der Waals surface area contributed by atoms with Crippen molar-refractivity contribution < 1.29 is 29.4 Å². The number of rotatable bonds is 1. The van der Waals surface area contributed by atoms with Crippen LogP contribution in [0.3, 0.4) is 0 Å². The zero-order chi connectivity index (χ0) is 10.1. The van der Waals surface area contributed by atoms with Crippen LogP contribution in [-0.2, 0) is 19.5 Å². The van der Waals surface area contributed by atoms with Crippen molar-refractivity contribution in [2.45, 2.75) is 0 Å². The monoisotopic (exact) mass is 270 g/mol. The Bertz CT molecular complexity index is 511. The molecule has 2 rings (SSSR count). The normalized spacial score (nSPS) is 9.67. The summed E-state index contributed by atoms with van der Waals surface area (Å²) >= 11 is 5.94. The van der Waals surface area contributed by atoms with E-state index in [1.54, 1.807) is 30.3 Å². The molecule has 0 radical (unpaired) electrons. The van der Waals surface area contributed by atoms with Crippen molar-refractivity contribution in [1.82, 2.24) is 0 Å². The van der Waals surface area contributed by atoms with E-state index in [1.165, 1.54) is 0 Å². The van der Waals surface area contributed by atoms with Gasteiger partial charge in [-0.15, -0.1) is 0 Å². The van der Waals surface area contributed by atoms with Gasteiger partial charge in [0.1, 0.15) is 0 Å². The van der Waals surface area contributed by atoms with E-state index in [4.69, 9.17) is 16.7 Å². The van der Waals surface area contributed by atoms with E-state index in [0.717, 1.165) is 10.8 Å². The second-order valence-corrected chi connectivity index (χ2v) is 3.39. The van der Waals surface area contributed by atoms with Crippen molar-refractivity contribution in [3.63, 3.8) is 0 Å². The third kappa shape index (κ3) is 2.36. The summed E-state index contributed by atoms with van der Waals surface area (Å²) in [7, 11) is 0. The molecule has 0 bridgehead atoms. The molecule has 2 aromatic carbocycles. The van der Waals surface area contributed by atoms with Crippen molar-refractivity contribution in [1.29, 1.82) is 0 Å². The second kappa shape index (κ2) is 4.74. The first-order valence-corrected chi connectivity index (χ1v) is 4.48. The van der Waals surface area contributed by atoms with E-state index in [-0.39, 0.29) is 25.0 Å². The fourth-order valence-corrected chi connectivity index (χ4v) is 1.62. The van der Waals surface area contributed by atoms with Crippen LogP contribution in [0.4, 0.5) is 0 Å². The molecule has 15 heavy (non-hydrogen) atoms. The Kier molecular flexibility index (Phi) is 3.84. The fraction of sp³-hybridized carbons (Fsp3) is 0. The van der Waals surface area contributed by atoms with E-state index >= 15 is 0 Å². The summed E-state index contributed by atoms with van der Waals surface area (Å²) in [5.74, 6) is -0.924. The average molecular weight is 272 g/mol. The molecule has 2 aromatic rings. The number of halogens is 1. The van der Waals surface area contributed by atoms with Crippen LogP contribution in [0.1, 0.15) is 10.4 Å². The third-order valence-electron chi connectivity index (χ3n) is 2.07. The van der Waals surface area contributed by atoms with E-state index in [9.17, 15) is 4.79 Å². The van der Waals surface area contributed by atoms with Crippen LogP contribution in [-0.4, -0.2) is 11.1 Å². The van der Waals surface area contributed by atoms with Gasteiger partial charge in [-0.25, -0.2) is 4.79 Å². The van der Waals surface area contributed by atoms with Crippen LogP contribution < -0.4 is 0 Å². The summed E-state index contributed by atoms with van der Waals surface area (Å²) < 4.78 is 0. The third-order valence-corrected chi connectivity index (χ3v) is 2.40. The Morgan fingerprint density at radius 2 is 1.93 bits per heavy atom. The number of hydrogen-bond acceptors (Lipinski definition) is 1. The van der Waals surface area contributed by atoms with Gasteiger partial charge in [0.05, 0.1) is 5.56 Å². The summed E-state index contributed by atoms with van der Waals surface area (Å²) in [4.78, 5) is 10.7. The number of aromatic carboxylic acids is 1. The van der Waals surface area contributed by atoms with Crippen LogP contribution in [0, 0.1) is 0 Å². The van der Waals surface area contributed by atoms with Crippen LogP contribution in [0.25, 0.3) is 10.8 Å². The quantitative estimate of drug-likeness (QED) is 0.809. The molecule has 1 N–H and O–H groups in total. The number of carbonyl (C=O) groups is 1. The molecule has 0 atom stereocenters. The van der Waals surface area contributed by atoms with Gasteiger partial charge in [0, 0.05) is 29.9 Å². The summed E-state index contributed by atoms with van der Waals surface area (Å²) in [6.45, 7) is 0. The van der Waals surface area contributed by atoms with Gasteiger partial charge in [-0.2, -0.15) is 0 Å². The van der Waals surface area contributed by atoms with Crippen molar-refractivity contribution in [2.24, 2.45) is 0 Å². The molecule has 0 unspecified atom stereocenters. The van der Waals surface area contributed by atoms with Gasteiger partial charge in [0.15, 0.2) is 0 Å². The molecule has 0 aliphatic carbocycles. The molecule has 0 heterocycles. The Balaban J connectivity index is 0.00000112. The molecule has 72 valence electrons. The SMILES string of the molecule is O=C(O)c1ccc2c(Cl)cccc2c1.[Zn]. The fourth-order valence-electron chi connectivity index (χ4n) is 1.38. The molecule has 2 nitrogen and oxygen atoms in total. The van der Waals surface area contributed by atoms with Crippen molar-refractivity contribution in [3.05, 3.63) is 47.0 Å². The maximum absolute atomic E-state index is 10.7. The van der Waals surface area contributed by atoms with Gasteiger partial charge in [-0.3, -0.25) is 0 Å². The van der Waals surface area contributed by atoms with E-state index in [2.05, 4.69) is 0 Å². The molecule has 0 fully saturated rings. The topological polar surface area (TPSA) is 37.3 Å². The Hall–Kier alpha value is -0.917. The van der Waals surface area contributed by atoms with Gasteiger partial charge in [0.2, 0.25) is 0 Å². The number of carboxylic acids is 1. The van der Waals surface area contributed by atoms with Crippen LogP contribution in [0.5, 0.6) is 0 Å². The molecule has 0 amide bonds. The minimum atomic E-state index is -0.924. The second-order valence-electron chi connectivity index (χ2n) is 2.98. The summed E-state index contributed by atoms with van der Waals surface area (Å²) in [6, 6.07) is 10.3. The Morgan fingerprint density at radius 3 is 2.60 bits per heavy atom. The molecule has 0 saturated carbocycles. The van der Waals surface area contributed by atoms with Crippen LogP contribution in [0.2, 0.25) is 5.02 Å². The maximum Gasteiger partial charge on any atom is 0.335 e. The summed E-state index contributed by atoms with van der Waals surface area (Å²) in [5.41, 5.74) is 0.278. The van der Waals surface area contributed by atoms with Gasteiger partial charge in [0.25, 0.3) is 0 Å². The molecule has 0 aliphatic rings. The molecule has 4 heteroatoms. The number of benzene rings is 2.